The highest BCUT2D eigenvalue weighted by atomic mass is 32.2. The first-order valence-electron chi connectivity index (χ1n) is 8.62. The van der Waals surface area contributed by atoms with Crippen LogP contribution in [0.5, 0.6) is 0 Å². The van der Waals surface area contributed by atoms with Crippen LogP contribution in [0.1, 0.15) is 54.3 Å². The summed E-state index contributed by atoms with van der Waals surface area (Å²) in [6.45, 7) is 4.91. The molecule has 1 unspecified atom stereocenters. The van der Waals surface area contributed by atoms with Crippen molar-refractivity contribution in [1.29, 1.82) is 0 Å². The van der Waals surface area contributed by atoms with Gasteiger partial charge in [-0.25, -0.2) is 8.42 Å². The highest BCUT2D eigenvalue weighted by Crippen LogP contribution is 2.21. The van der Waals surface area contributed by atoms with Gasteiger partial charge in [0, 0.05) is 18.7 Å². The molecule has 0 bridgehead atoms. The standard InChI is InChI=1S/C17H22N4O4S/c1-3-15(16-18-12(2)19-25-16)20-26(23,24)14-8-6-7-13(11-14)17(22)21-9-4-5-10-21/h6-8,11,15,20H,3-5,9-10H2,1-2H3. The Labute approximate surface area is 152 Å². The van der Waals surface area contributed by atoms with Crippen molar-refractivity contribution in [2.24, 2.45) is 0 Å². The van der Waals surface area contributed by atoms with Crippen LogP contribution in [0.3, 0.4) is 0 Å². The van der Waals surface area contributed by atoms with E-state index in [1.54, 1.807) is 24.0 Å². The molecule has 1 saturated heterocycles. The van der Waals surface area contributed by atoms with Gasteiger partial charge in [0.25, 0.3) is 5.91 Å². The summed E-state index contributed by atoms with van der Waals surface area (Å²) >= 11 is 0. The first-order chi connectivity index (χ1) is 12.4. The van der Waals surface area contributed by atoms with Crippen molar-refractivity contribution in [3.63, 3.8) is 0 Å². The molecule has 8 nitrogen and oxygen atoms in total. The van der Waals surface area contributed by atoms with Crippen molar-refractivity contribution in [3.8, 4) is 0 Å². The van der Waals surface area contributed by atoms with E-state index >= 15 is 0 Å². The second kappa shape index (κ2) is 7.55. The van der Waals surface area contributed by atoms with Crippen molar-refractivity contribution >= 4 is 15.9 Å². The number of rotatable bonds is 6. The van der Waals surface area contributed by atoms with E-state index in [0.717, 1.165) is 12.8 Å². The molecule has 1 fully saturated rings. The predicted octanol–water partition coefficient (Wildman–Crippen LogP) is 2.04. The van der Waals surface area contributed by atoms with Gasteiger partial charge < -0.3 is 9.42 Å². The molecule has 26 heavy (non-hydrogen) atoms. The van der Waals surface area contributed by atoms with Crippen LogP contribution >= 0.6 is 0 Å². The van der Waals surface area contributed by atoms with Gasteiger partial charge in [-0.05, 0) is 44.4 Å². The number of aromatic nitrogens is 2. The SMILES string of the molecule is CCC(NS(=O)(=O)c1cccc(C(=O)N2CCCC2)c1)c1nc(C)no1. The molecule has 0 saturated carbocycles. The van der Waals surface area contributed by atoms with E-state index in [1.165, 1.54) is 12.1 Å². The molecule has 0 spiro atoms. The number of benzene rings is 1. The Morgan fingerprint density at radius 2 is 2.08 bits per heavy atom. The summed E-state index contributed by atoms with van der Waals surface area (Å²) in [4.78, 5) is 18.4. The molecule has 2 heterocycles. The van der Waals surface area contributed by atoms with Crippen molar-refractivity contribution < 1.29 is 17.7 Å². The van der Waals surface area contributed by atoms with Crippen molar-refractivity contribution in [1.82, 2.24) is 19.8 Å². The summed E-state index contributed by atoms with van der Waals surface area (Å²) in [6.07, 6.45) is 2.41. The minimum Gasteiger partial charge on any atom is -0.339 e. The quantitative estimate of drug-likeness (QED) is 0.825. The van der Waals surface area contributed by atoms with E-state index in [-0.39, 0.29) is 16.7 Å². The average Bonchev–Trinajstić information content (AvgIpc) is 3.31. The van der Waals surface area contributed by atoms with Gasteiger partial charge in [-0.15, -0.1) is 0 Å². The fourth-order valence-electron chi connectivity index (χ4n) is 2.92. The zero-order valence-corrected chi connectivity index (χ0v) is 15.6. The van der Waals surface area contributed by atoms with Crippen LogP contribution in [0, 0.1) is 6.92 Å². The van der Waals surface area contributed by atoms with Gasteiger partial charge >= 0.3 is 0 Å². The van der Waals surface area contributed by atoms with Gasteiger partial charge in [0.05, 0.1) is 4.90 Å². The lowest BCUT2D eigenvalue weighted by Crippen LogP contribution is -2.30. The molecule has 1 aromatic heterocycles. The van der Waals surface area contributed by atoms with Crippen LogP contribution in [0.2, 0.25) is 0 Å². The first-order valence-corrected chi connectivity index (χ1v) is 10.1. The normalized spacial score (nSPS) is 16.0. The minimum atomic E-state index is -3.84. The number of amides is 1. The summed E-state index contributed by atoms with van der Waals surface area (Å²) in [5.74, 6) is 0.521. The summed E-state index contributed by atoms with van der Waals surface area (Å²) in [7, 11) is -3.84. The molecule has 1 aliphatic rings. The molecular weight excluding hydrogens is 356 g/mol. The van der Waals surface area contributed by atoms with Gasteiger partial charge in [-0.1, -0.05) is 18.1 Å². The lowest BCUT2D eigenvalue weighted by molar-refractivity contribution is 0.0792. The number of carbonyl (C=O) groups is 1. The Morgan fingerprint density at radius 3 is 2.69 bits per heavy atom. The van der Waals surface area contributed by atoms with Gasteiger partial charge in [0.15, 0.2) is 5.82 Å². The van der Waals surface area contributed by atoms with Crippen LogP contribution in [-0.2, 0) is 10.0 Å². The largest absolute Gasteiger partial charge is 0.339 e. The fraction of sp³-hybridized carbons (Fsp3) is 0.471. The van der Waals surface area contributed by atoms with Crippen molar-refractivity contribution in [3.05, 3.63) is 41.5 Å². The Balaban J connectivity index is 1.82. The number of aryl methyl sites for hydroxylation is 1. The predicted molar refractivity (Wildman–Crippen MR) is 94.0 cm³/mol. The Hall–Kier alpha value is -2.26. The first kappa shape index (κ1) is 18.5. The maximum Gasteiger partial charge on any atom is 0.253 e. The maximum atomic E-state index is 12.8. The molecule has 1 atom stereocenters. The Kier molecular flexibility index (Phi) is 5.38. The van der Waals surface area contributed by atoms with Crippen molar-refractivity contribution in [2.45, 2.75) is 44.0 Å². The number of carbonyl (C=O) groups excluding carboxylic acids is 1. The molecule has 2 aromatic rings. The summed E-state index contributed by atoms with van der Waals surface area (Å²) in [6, 6.07) is 5.47. The molecule has 1 aliphatic heterocycles. The monoisotopic (exact) mass is 378 g/mol. The number of nitrogens with one attached hydrogen (secondary N) is 1. The van der Waals surface area contributed by atoms with E-state index in [1.807, 2.05) is 6.92 Å². The van der Waals surface area contributed by atoms with Crippen LogP contribution < -0.4 is 4.72 Å². The van der Waals surface area contributed by atoms with Gasteiger partial charge in [-0.3, -0.25) is 4.79 Å². The lowest BCUT2D eigenvalue weighted by Gasteiger charge is -2.17. The molecular formula is C17H22N4O4S. The molecule has 9 heteroatoms. The van der Waals surface area contributed by atoms with Gasteiger partial charge in [-0.2, -0.15) is 9.71 Å². The van der Waals surface area contributed by atoms with Crippen LogP contribution in [0.25, 0.3) is 0 Å². The smallest absolute Gasteiger partial charge is 0.253 e. The third-order valence-electron chi connectivity index (χ3n) is 4.33. The van der Waals surface area contributed by atoms with Crippen molar-refractivity contribution in [2.75, 3.05) is 13.1 Å². The van der Waals surface area contributed by atoms with E-state index in [9.17, 15) is 13.2 Å². The van der Waals surface area contributed by atoms with Gasteiger partial charge in [0.2, 0.25) is 15.9 Å². The number of nitrogens with zero attached hydrogens (tertiary/aromatic N) is 3. The number of hydrogen-bond acceptors (Lipinski definition) is 6. The zero-order chi connectivity index (χ0) is 18.7. The molecule has 1 aromatic carbocycles. The van der Waals surface area contributed by atoms with Crippen LogP contribution in [0.15, 0.2) is 33.7 Å². The molecule has 0 radical (unpaired) electrons. The Bertz CT molecular complexity index is 888. The third-order valence-corrected chi connectivity index (χ3v) is 5.80. The third kappa shape index (κ3) is 3.94. The highest BCUT2D eigenvalue weighted by molar-refractivity contribution is 7.89. The van der Waals surface area contributed by atoms with Crippen LogP contribution in [-0.4, -0.2) is 42.5 Å². The topological polar surface area (TPSA) is 105 Å². The number of likely N-dealkylation sites (tertiary alicyclic amines) is 1. The van der Waals surface area contributed by atoms with E-state index < -0.39 is 16.1 Å². The van der Waals surface area contributed by atoms with E-state index in [4.69, 9.17) is 4.52 Å². The second-order valence-corrected chi connectivity index (χ2v) is 8.00. The van der Waals surface area contributed by atoms with Gasteiger partial charge in [0.1, 0.15) is 6.04 Å². The highest BCUT2D eigenvalue weighted by Gasteiger charge is 2.26. The maximum absolute atomic E-state index is 12.8. The van der Waals surface area contributed by atoms with E-state index in [2.05, 4.69) is 14.9 Å². The average molecular weight is 378 g/mol. The van der Waals surface area contributed by atoms with E-state index in [0.29, 0.717) is 30.9 Å². The molecule has 0 aliphatic carbocycles. The molecule has 1 amide bonds. The number of sulfonamides is 1. The lowest BCUT2D eigenvalue weighted by atomic mass is 10.2. The zero-order valence-electron chi connectivity index (χ0n) is 14.8. The fourth-order valence-corrected chi connectivity index (χ4v) is 4.24. The second-order valence-electron chi connectivity index (χ2n) is 6.29. The molecule has 1 N–H and O–H groups in total. The summed E-state index contributed by atoms with van der Waals surface area (Å²) < 4.78 is 33.2. The number of hydrogen-bond donors (Lipinski definition) is 1. The molecule has 3 rings (SSSR count). The minimum absolute atomic E-state index is 0.0391. The molecule has 140 valence electrons. The summed E-state index contributed by atoms with van der Waals surface area (Å²) in [5, 5.41) is 3.70. The van der Waals surface area contributed by atoms with Crippen LogP contribution in [0.4, 0.5) is 0 Å². The summed E-state index contributed by atoms with van der Waals surface area (Å²) in [5.41, 5.74) is 0.372. The Morgan fingerprint density at radius 1 is 1.35 bits per heavy atom.